The topological polar surface area (TPSA) is 3.88 Å². The molecule has 0 bridgehead atoms. The molecule has 0 saturated heterocycles. The van der Waals surface area contributed by atoms with Crippen LogP contribution in [-0.2, 0) is 7.05 Å². The van der Waals surface area contributed by atoms with Crippen molar-refractivity contribution in [3.63, 3.8) is 0 Å². The molecule has 0 spiro atoms. The molecule has 1 aromatic heterocycles. The summed E-state index contributed by atoms with van der Waals surface area (Å²) in [4.78, 5) is 0. The lowest BCUT2D eigenvalue weighted by molar-refractivity contribution is -0.671. The summed E-state index contributed by atoms with van der Waals surface area (Å²) in [7, 11) is 2.14. The van der Waals surface area contributed by atoms with Crippen molar-refractivity contribution in [1.29, 1.82) is 0 Å². The quantitative estimate of drug-likeness (QED) is 0.0415. The van der Waals surface area contributed by atoms with Gasteiger partial charge in [0.1, 0.15) is 7.05 Å². The van der Waals surface area contributed by atoms with E-state index in [1.807, 2.05) is 0 Å². The maximum Gasteiger partial charge on any atom is 0.168 e. The van der Waals surface area contributed by atoms with Gasteiger partial charge in [-0.3, -0.25) is 0 Å². The minimum Gasteiger partial charge on any atom is -0.208 e. The van der Waals surface area contributed by atoms with Crippen LogP contribution in [0.5, 0.6) is 0 Å². The molecule has 1 nitrogen and oxygen atoms in total. The van der Waals surface area contributed by atoms with E-state index < -0.39 is 0 Å². The van der Waals surface area contributed by atoms with Crippen LogP contribution in [0, 0.1) is 0 Å². The van der Waals surface area contributed by atoms with Crippen LogP contribution < -0.4 is 4.57 Å². The van der Waals surface area contributed by atoms with Crippen molar-refractivity contribution in [2.24, 2.45) is 7.05 Å². The van der Waals surface area contributed by atoms with Crippen LogP contribution in [0.1, 0.15) is 231 Å². The summed E-state index contributed by atoms with van der Waals surface area (Å²) in [6.45, 7) is 4.61. The fourth-order valence-corrected chi connectivity index (χ4v) is 6.84. The van der Waals surface area contributed by atoms with Gasteiger partial charge >= 0.3 is 0 Å². The van der Waals surface area contributed by atoms with Crippen molar-refractivity contribution in [2.75, 3.05) is 0 Å². The molecule has 44 heavy (non-hydrogen) atoms. The first-order valence-corrected chi connectivity index (χ1v) is 20.4. The van der Waals surface area contributed by atoms with E-state index in [1.165, 1.54) is 205 Å². The van der Waals surface area contributed by atoms with Gasteiger partial charge in [-0.15, -0.1) is 0 Å². The van der Waals surface area contributed by atoms with Gasteiger partial charge in [0.2, 0.25) is 0 Å². The summed E-state index contributed by atoms with van der Waals surface area (Å²) < 4.78 is 2.18. The first-order chi connectivity index (χ1) is 21.8. The highest BCUT2D eigenvalue weighted by atomic mass is 14.9. The van der Waals surface area contributed by atoms with E-state index in [0.717, 1.165) is 5.92 Å². The standard InChI is InChI=1S/C43H80N/c1-4-6-8-10-12-14-16-18-20-22-24-26-28-30-32-34-36-42(43-38-40-44(3)41-39-43)37-35-33-31-29-27-25-23-21-19-17-15-13-11-9-7-5-2/h18,20,38-42H,4-17,19,21-37H2,1-3H3/q+1/b20-18-. The smallest absolute Gasteiger partial charge is 0.168 e. The van der Waals surface area contributed by atoms with Crippen molar-refractivity contribution >= 4 is 0 Å². The minimum absolute atomic E-state index is 0.764. The third-order valence-electron chi connectivity index (χ3n) is 9.95. The lowest BCUT2D eigenvalue weighted by atomic mass is 9.88. The number of aryl methyl sites for hydroxylation is 1. The monoisotopic (exact) mass is 611 g/mol. The molecule has 0 aliphatic heterocycles. The number of hydrogen-bond acceptors (Lipinski definition) is 0. The summed E-state index contributed by atoms with van der Waals surface area (Å²) in [6.07, 6.45) is 55.0. The van der Waals surface area contributed by atoms with E-state index in [4.69, 9.17) is 0 Å². The van der Waals surface area contributed by atoms with E-state index in [9.17, 15) is 0 Å². The molecule has 1 heterocycles. The molecule has 0 radical (unpaired) electrons. The highest BCUT2D eigenvalue weighted by molar-refractivity contribution is 5.13. The molecule has 1 atom stereocenters. The molecule has 1 heteroatoms. The zero-order chi connectivity index (χ0) is 31.6. The molecule has 0 fully saturated rings. The fourth-order valence-electron chi connectivity index (χ4n) is 6.84. The molecule has 256 valence electrons. The Hall–Kier alpha value is -1.11. The van der Waals surface area contributed by atoms with E-state index in [1.54, 1.807) is 5.56 Å². The van der Waals surface area contributed by atoms with Gasteiger partial charge in [0.05, 0.1) is 0 Å². The molecule has 1 rings (SSSR count). The number of pyridine rings is 1. The van der Waals surface area contributed by atoms with Gasteiger partial charge in [-0.2, -0.15) is 0 Å². The molecule has 0 aliphatic carbocycles. The number of unbranched alkanes of at least 4 members (excludes halogenated alkanes) is 27. The predicted molar refractivity (Wildman–Crippen MR) is 199 cm³/mol. The molecular formula is C43H80N+. The van der Waals surface area contributed by atoms with Crippen LogP contribution in [0.15, 0.2) is 36.7 Å². The van der Waals surface area contributed by atoms with E-state index in [-0.39, 0.29) is 0 Å². The third kappa shape index (κ3) is 27.2. The fraction of sp³-hybridized carbons (Fsp3) is 0.837. The van der Waals surface area contributed by atoms with Gasteiger partial charge in [0.15, 0.2) is 12.4 Å². The maximum atomic E-state index is 2.45. The Morgan fingerprint density at radius 3 is 1.07 bits per heavy atom. The minimum atomic E-state index is 0.764. The van der Waals surface area contributed by atoms with Crippen LogP contribution in [0.3, 0.4) is 0 Å². The van der Waals surface area contributed by atoms with Crippen LogP contribution in [0.2, 0.25) is 0 Å². The van der Waals surface area contributed by atoms with Crippen molar-refractivity contribution in [3.8, 4) is 0 Å². The van der Waals surface area contributed by atoms with E-state index >= 15 is 0 Å². The molecule has 0 amide bonds. The van der Waals surface area contributed by atoms with Gasteiger partial charge in [-0.25, -0.2) is 4.57 Å². The molecule has 0 N–H and O–H groups in total. The largest absolute Gasteiger partial charge is 0.208 e. The first-order valence-electron chi connectivity index (χ1n) is 20.4. The molecule has 0 saturated carbocycles. The number of rotatable bonds is 34. The van der Waals surface area contributed by atoms with Gasteiger partial charge in [0.25, 0.3) is 0 Å². The van der Waals surface area contributed by atoms with Gasteiger partial charge < -0.3 is 0 Å². The number of nitrogens with zero attached hydrogens (tertiary/aromatic N) is 1. The second kappa shape index (κ2) is 33.3. The average Bonchev–Trinajstić information content (AvgIpc) is 3.03. The predicted octanol–water partition coefficient (Wildman–Crippen LogP) is 14.7. The van der Waals surface area contributed by atoms with E-state index in [2.05, 4.69) is 62.1 Å². The maximum absolute atomic E-state index is 2.45. The van der Waals surface area contributed by atoms with Gasteiger partial charge in [-0.05, 0) is 50.0 Å². The Balaban J connectivity index is 2.03. The average molecular weight is 611 g/mol. The zero-order valence-electron chi connectivity index (χ0n) is 30.6. The Bertz CT molecular complexity index is 704. The van der Waals surface area contributed by atoms with Crippen LogP contribution in [0.25, 0.3) is 0 Å². The van der Waals surface area contributed by atoms with Crippen molar-refractivity contribution in [2.45, 2.75) is 225 Å². The van der Waals surface area contributed by atoms with Crippen molar-refractivity contribution in [3.05, 3.63) is 42.2 Å². The Labute approximate surface area is 278 Å². The Morgan fingerprint density at radius 1 is 0.432 bits per heavy atom. The second-order valence-corrected chi connectivity index (χ2v) is 14.3. The summed E-state index contributed by atoms with van der Waals surface area (Å²) >= 11 is 0. The highest BCUT2D eigenvalue weighted by Crippen LogP contribution is 2.28. The van der Waals surface area contributed by atoms with Crippen LogP contribution >= 0.6 is 0 Å². The molecule has 0 aliphatic rings. The SMILES string of the molecule is CCCCCCCC/C=C\CCCCCCCCC(CCCCCCCCCCCCCCCCCC)c1cc[n+](C)cc1. The molecular weight excluding hydrogens is 530 g/mol. The molecule has 1 unspecified atom stereocenters. The van der Waals surface area contributed by atoms with Crippen LogP contribution in [-0.4, -0.2) is 0 Å². The molecule has 1 aromatic rings. The summed E-state index contributed by atoms with van der Waals surface area (Å²) in [5.41, 5.74) is 1.58. The van der Waals surface area contributed by atoms with Crippen LogP contribution in [0.4, 0.5) is 0 Å². The van der Waals surface area contributed by atoms with Crippen molar-refractivity contribution < 1.29 is 4.57 Å². The first kappa shape index (κ1) is 40.9. The second-order valence-electron chi connectivity index (χ2n) is 14.3. The third-order valence-corrected chi connectivity index (χ3v) is 9.95. The van der Waals surface area contributed by atoms with E-state index in [0.29, 0.717) is 0 Å². The van der Waals surface area contributed by atoms with Gasteiger partial charge in [0, 0.05) is 12.1 Å². The summed E-state index contributed by atoms with van der Waals surface area (Å²) in [6, 6.07) is 4.77. The van der Waals surface area contributed by atoms with Crippen molar-refractivity contribution in [1.82, 2.24) is 0 Å². The normalized spacial score (nSPS) is 12.4. The lowest BCUT2D eigenvalue weighted by Crippen LogP contribution is -2.26. The Morgan fingerprint density at radius 2 is 0.727 bits per heavy atom. The molecule has 0 aromatic carbocycles. The van der Waals surface area contributed by atoms with Gasteiger partial charge in [-0.1, -0.05) is 193 Å². The summed E-state index contributed by atoms with van der Waals surface area (Å²) in [5.74, 6) is 0.764. The highest BCUT2D eigenvalue weighted by Gasteiger charge is 2.12. The number of aromatic nitrogens is 1. The summed E-state index contributed by atoms with van der Waals surface area (Å²) in [5, 5.41) is 0. The lowest BCUT2D eigenvalue weighted by Gasteiger charge is -2.17. The number of allylic oxidation sites excluding steroid dienone is 2. The Kier molecular flexibility index (Phi) is 30.9. The zero-order valence-corrected chi connectivity index (χ0v) is 30.6. The number of hydrogen-bond donors (Lipinski definition) is 0.